The predicted octanol–water partition coefficient (Wildman–Crippen LogP) is 3.25. The number of halogens is 1. The number of hydrogen-bond donors (Lipinski definition) is 2. The van der Waals surface area contributed by atoms with Gasteiger partial charge in [0.15, 0.2) is 0 Å². The average Bonchev–Trinajstić information content (AvgIpc) is 3.15. The van der Waals surface area contributed by atoms with Crippen molar-refractivity contribution in [2.75, 3.05) is 13.1 Å². The molecule has 1 fully saturated rings. The highest BCUT2D eigenvalue weighted by atomic mass is 35.5. The summed E-state index contributed by atoms with van der Waals surface area (Å²) in [6.45, 7) is 4.20. The highest BCUT2D eigenvalue weighted by Crippen LogP contribution is 2.22. The first kappa shape index (κ1) is 19.5. The SMILES string of the molecule is CC(NC(=O)CCC1CCNCC1)c1ccccc1-n1cccn1.Cl. The molecule has 0 spiro atoms. The molecule has 2 aromatic rings. The number of para-hydroxylation sites is 1. The Bertz CT molecular complexity index is 653. The summed E-state index contributed by atoms with van der Waals surface area (Å²) in [5.41, 5.74) is 2.09. The molecule has 5 nitrogen and oxygen atoms in total. The van der Waals surface area contributed by atoms with Gasteiger partial charge in [0, 0.05) is 18.8 Å². The highest BCUT2D eigenvalue weighted by molar-refractivity contribution is 5.85. The van der Waals surface area contributed by atoms with Crippen LogP contribution in [0.4, 0.5) is 0 Å². The van der Waals surface area contributed by atoms with Crippen molar-refractivity contribution in [2.24, 2.45) is 5.92 Å². The molecule has 0 radical (unpaired) electrons. The van der Waals surface area contributed by atoms with E-state index in [1.54, 1.807) is 6.20 Å². The zero-order valence-corrected chi connectivity index (χ0v) is 15.5. The Balaban J connectivity index is 0.00000225. The summed E-state index contributed by atoms with van der Waals surface area (Å²) >= 11 is 0. The molecule has 1 saturated heterocycles. The second-order valence-electron chi connectivity index (χ2n) is 6.53. The average molecular weight is 363 g/mol. The van der Waals surface area contributed by atoms with Crippen LogP contribution in [-0.4, -0.2) is 28.8 Å². The zero-order valence-electron chi connectivity index (χ0n) is 14.6. The zero-order chi connectivity index (χ0) is 16.8. The predicted molar refractivity (Wildman–Crippen MR) is 102 cm³/mol. The largest absolute Gasteiger partial charge is 0.350 e. The normalized spacial score (nSPS) is 16.0. The van der Waals surface area contributed by atoms with Crippen molar-refractivity contribution in [2.45, 2.75) is 38.6 Å². The number of hydrogen-bond acceptors (Lipinski definition) is 3. The molecular weight excluding hydrogens is 336 g/mol. The van der Waals surface area contributed by atoms with Crippen LogP contribution in [-0.2, 0) is 4.79 Å². The van der Waals surface area contributed by atoms with Gasteiger partial charge in [-0.2, -0.15) is 5.10 Å². The molecule has 1 aliphatic heterocycles. The molecule has 0 saturated carbocycles. The molecule has 0 bridgehead atoms. The molecule has 1 atom stereocenters. The summed E-state index contributed by atoms with van der Waals surface area (Å²) in [6.07, 6.45) is 7.65. The third-order valence-electron chi connectivity index (χ3n) is 4.77. The molecule has 1 aliphatic rings. The Hall–Kier alpha value is -1.85. The van der Waals surface area contributed by atoms with Crippen LogP contribution in [0.5, 0.6) is 0 Å². The maximum absolute atomic E-state index is 12.3. The van der Waals surface area contributed by atoms with E-state index < -0.39 is 0 Å². The van der Waals surface area contributed by atoms with Crippen molar-refractivity contribution in [1.29, 1.82) is 0 Å². The molecule has 0 aliphatic carbocycles. The Kier molecular flexibility index (Phi) is 7.47. The second kappa shape index (κ2) is 9.59. The molecule has 136 valence electrons. The van der Waals surface area contributed by atoms with Gasteiger partial charge in [0.1, 0.15) is 0 Å². The molecule has 1 unspecified atom stereocenters. The maximum atomic E-state index is 12.3. The number of piperidine rings is 1. The van der Waals surface area contributed by atoms with E-state index in [0.717, 1.165) is 30.8 Å². The quantitative estimate of drug-likeness (QED) is 0.829. The number of nitrogens with zero attached hydrogens (tertiary/aromatic N) is 2. The number of amides is 1. The summed E-state index contributed by atoms with van der Waals surface area (Å²) < 4.78 is 1.84. The Morgan fingerprint density at radius 3 is 2.80 bits per heavy atom. The van der Waals surface area contributed by atoms with Crippen molar-refractivity contribution >= 4 is 18.3 Å². The summed E-state index contributed by atoms with van der Waals surface area (Å²) in [7, 11) is 0. The first-order valence-corrected chi connectivity index (χ1v) is 8.83. The number of nitrogens with one attached hydrogen (secondary N) is 2. The Morgan fingerprint density at radius 1 is 1.32 bits per heavy atom. The highest BCUT2D eigenvalue weighted by Gasteiger charge is 2.17. The Labute approximate surface area is 155 Å². The van der Waals surface area contributed by atoms with Gasteiger partial charge in [-0.3, -0.25) is 4.79 Å². The minimum absolute atomic E-state index is 0. The fraction of sp³-hybridized carbons (Fsp3) is 0.474. The monoisotopic (exact) mass is 362 g/mol. The first-order valence-electron chi connectivity index (χ1n) is 8.83. The molecule has 2 N–H and O–H groups in total. The third-order valence-corrected chi connectivity index (χ3v) is 4.77. The van der Waals surface area contributed by atoms with E-state index in [0.29, 0.717) is 12.3 Å². The van der Waals surface area contributed by atoms with E-state index in [1.165, 1.54) is 12.8 Å². The number of benzene rings is 1. The molecule has 25 heavy (non-hydrogen) atoms. The number of carbonyl (C=O) groups excluding carboxylic acids is 1. The van der Waals surface area contributed by atoms with Crippen LogP contribution in [0.3, 0.4) is 0 Å². The van der Waals surface area contributed by atoms with E-state index in [2.05, 4.69) is 21.8 Å². The first-order chi connectivity index (χ1) is 11.7. The molecule has 3 rings (SSSR count). The van der Waals surface area contributed by atoms with Crippen molar-refractivity contribution in [3.05, 3.63) is 48.3 Å². The lowest BCUT2D eigenvalue weighted by Gasteiger charge is -2.23. The number of carbonyl (C=O) groups is 1. The second-order valence-corrected chi connectivity index (χ2v) is 6.53. The summed E-state index contributed by atoms with van der Waals surface area (Å²) in [6, 6.07) is 9.94. The van der Waals surface area contributed by atoms with Crippen molar-refractivity contribution < 1.29 is 4.79 Å². The van der Waals surface area contributed by atoms with Gasteiger partial charge in [0.05, 0.1) is 11.7 Å². The minimum Gasteiger partial charge on any atom is -0.350 e. The van der Waals surface area contributed by atoms with Gasteiger partial charge in [-0.05, 0) is 62.9 Å². The van der Waals surface area contributed by atoms with Gasteiger partial charge in [0.25, 0.3) is 0 Å². The van der Waals surface area contributed by atoms with Gasteiger partial charge < -0.3 is 10.6 Å². The topological polar surface area (TPSA) is 59.0 Å². The van der Waals surface area contributed by atoms with E-state index in [4.69, 9.17) is 0 Å². The van der Waals surface area contributed by atoms with Crippen LogP contribution in [0.2, 0.25) is 0 Å². The number of rotatable bonds is 6. The van der Waals surface area contributed by atoms with Crippen molar-refractivity contribution in [3.63, 3.8) is 0 Å². The summed E-state index contributed by atoms with van der Waals surface area (Å²) in [5, 5.41) is 10.8. The van der Waals surface area contributed by atoms with Gasteiger partial charge in [-0.15, -0.1) is 12.4 Å². The van der Waals surface area contributed by atoms with E-state index in [9.17, 15) is 4.79 Å². The minimum atomic E-state index is -0.0362. The van der Waals surface area contributed by atoms with Crippen molar-refractivity contribution in [1.82, 2.24) is 20.4 Å². The molecule has 1 amide bonds. The lowest BCUT2D eigenvalue weighted by Crippen LogP contribution is -2.30. The Morgan fingerprint density at radius 2 is 2.08 bits per heavy atom. The smallest absolute Gasteiger partial charge is 0.220 e. The third kappa shape index (κ3) is 5.31. The molecule has 1 aromatic carbocycles. The van der Waals surface area contributed by atoms with Crippen LogP contribution in [0.15, 0.2) is 42.7 Å². The fourth-order valence-corrected chi connectivity index (χ4v) is 3.37. The van der Waals surface area contributed by atoms with Crippen LogP contribution < -0.4 is 10.6 Å². The lowest BCUT2D eigenvalue weighted by atomic mass is 9.93. The van der Waals surface area contributed by atoms with Gasteiger partial charge >= 0.3 is 0 Å². The van der Waals surface area contributed by atoms with Crippen LogP contribution in [0.25, 0.3) is 5.69 Å². The van der Waals surface area contributed by atoms with E-state index >= 15 is 0 Å². The molecular formula is C19H27ClN4O. The summed E-state index contributed by atoms with van der Waals surface area (Å²) in [5.74, 6) is 0.819. The standard InChI is InChI=1S/C19H26N4O.ClH/c1-15(22-19(24)8-7-16-9-12-20-13-10-16)17-5-2-3-6-18(17)23-14-4-11-21-23;/h2-6,11,14-16,20H,7-10,12-13H2,1H3,(H,22,24);1H. The number of aromatic nitrogens is 2. The maximum Gasteiger partial charge on any atom is 0.220 e. The lowest BCUT2D eigenvalue weighted by molar-refractivity contribution is -0.122. The molecule has 2 heterocycles. The van der Waals surface area contributed by atoms with E-state index in [-0.39, 0.29) is 24.4 Å². The summed E-state index contributed by atoms with van der Waals surface area (Å²) in [4.78, 5) is 12.3. The molecule has 6 heteroatoms. The van der Waals surface area contributed by atoms with E-state index in [1.807, 2.05) is 42.1 Å². The fourth-order valence-electron chi connectivity index (χ4n) is 3.37. The van der Waals surface area contributed by atoms with Gasteiger partial charge in [0.2, 0.25) is 5.91 Å². The van der Waals surface area contributed by atoms with Crippen LogP contribution in [0.1, 0.15) is 44.2 Å². The van der Waals surface area contributed by atoms with Gasteiger partial charge in [-0.25, -0.2) is 4.68 Å². The molecule has 1 aromatic heterocycles. The van der Waals surface area contributed by atoms with Crippen molar-refractivity contribution in [3.8, 4) is 5.69 Å². The van der Waals surface area contributed by atoms with Crippen LogP contribution in [0, 0.1) is 5.92 Å². The van der Waals surface area contributed by atoms with Crippen LogP contribution >= 0.6 is 12.4 Å². The van der Waals surface area contributed by atoms with Gasteiger partial charge in [-0.1, -0.05) is 18.2 Å².